The number of aromatic nitrogens is 2. The highest BCUT2D eigenvalue weighted by atomic mass is 35.5. The lowest BCUT2D eigenvalue weighted by molar-refractivity contribution is -0.0366. The summed E-state index contributed by atoms with van der Waals surface area (Å²) < 4.78 is 24.5. The summed E-state index contributed by atoms with van der Waals surface area (Å²) in [5.74, 6) is -0.425. The number of anilines is 1. The monoisotopic (exact) mass is 817 g/mol. The minimum absolute atomic E-state index is 0.178. The zero-order chi connectivity index (χ0) is 41.9. The van der Waals surface area contributed by atoms with Gasteiger partial charge in [-0.25, -0.2) is 19.1 Å². The van der Waals surface area contributed by atoms with Gasteiger partial charge < -0.3 is 34.1 Å². The number of benzene rings is 3. The molecular weight excluding hydrogens is 758 g/mol. The zero-order valence-electron chi connectivity index (χ0n) is 35.1. The maximum Gasteiger partial charge on any atom is 0.410 e. The van der Waals surface area contributed by atoms with E-state index in [0.717, 1.165) is 59.0 Å². The van der Waals surface area contributed by atoms with Crippen LogP contribution in [0, 0.1) is 0 Å². The topological polar surface area (TPSA) is 124 Å². The molecule has 58 heavy (non-hydrogen) atoms. The molecule has 1 aliphatic rings. The van der Waals surface area contributed by atoms with Gasteiger partial charge in [-0.2, -0.15) is 5.10 Å². The molecule has 12 nitrogen and oxygen atoms in total. The van der Waals surface area contributed by atoms with Crippen LogP contribution < -0.4 is 5.32 Å². The molecule has 1 N–H and O–H groups in total. The van der Waals surface area contributed by atoms with E-state index in [9.17, 15) is 14.4 Å². The predicted molar refractivity (Wildman–Crippen MR) is 228 cm³/mol. The molecule has 0 aliphatic carbocycles. The van der Waals surface area contributed by atoms with Crippen molar-refractivity contribution in [3.8, 4) is 11.1 Å². The number of rotatable bonds is 16. The van der Waals surface area contributed by atoms with E-state index < -0.39 is 23.3 Å². The highest BCUT2D eigenvalue weighted by molar-refractivity contribution is 6.33. The van der Waals surface area contributed by atoms with Crippen LogP contribution in [0.4, 0.5) is 15.3 Å². The summed E-state index contributed by atoms with van der Waals surface area (Å²) in [7, 11) is 1.37. The quantitative estimate of drug-likeness (QED) is 0.0668. The molecule has 0 saturated carbocycles. The third-order valence-corrected chi connectivity index (χ3v) is 9.95. The molecule has 1 fully saturated rings. The van der Waals surface area contributed by atoms with Crippen LogP contribution in [-0.2, 0) is 25.5 Å². The first-order valence-electron chi connectivity index (χ1n) is 20.4. The molecule has 1 aliphatic heterocycles. The summed E-state index contributed by atoms with van der Waals surface area (Å²) in [6.07, 6.45) is 6.54. The second-order valence-corrected chi connectivity index (χ2v) is 17.2. The minimum Gasteiger partial charge on any atom is -0.465 e. The summed E-state index contributed by atoms with van der Waals surface area (Å²) >= 11 is 6.72. The number of unbranched alkanes of at least 4 members (excludes halogenated alkanes) is 2. The Morgan fingerprint density at radius 1 is 0.862 bits per heavy atom. The lowest BCUT2D eigenvalue weighted by atomic mass is 10.0. The molecular formula is C45H60ClN5O7. The van der Waals surface area contributed by atoms with Gasteiger partial charge in [0.25, 0.3) is 0 Å². The smallest absolute Gasteiger partial charge is 0.410 e. The van der Waals surface area contributed by atoms with Crippen molar-refractivity contribution in [2.45, 2.75) is 110 Å². The number of methoxy groups -OCH3 is 1. The average molecular weight is 818 g/mol. The fraction of sp³-hybridized carbons (Fsp3) is 0.511. The standard InChI is InChI=1S/C45H60ClN5O7/c1-44(2,3)57-42(53)49(23-13-12-22-47-38-28-34(41(52)55-7)29-39-36(38)30-48-51(39)40-19-11-16-26-56-40)24-14-15-25-50(43(54)58-45(4,5)6)31-32-20-21-35(37(46)27-32)33-17-9-8-10-18-33/h8-10,17-18,20-21,27-30,40,47H,11-16,19,22-26,31H2,1-7H3. The number of ether oxygens (including phenoxy) is 4. The minimum atomic E-state index is -0.658. The van der Waals surface area contributed by atoms with Crippen molar-refractivity contribution in [3.05, 3.63) is 83.0 Å². The van der Waals surface area contributed by atoms with Crippen molar-refractivity contribution in [1.82, 2.24) is 19.6 Å². The Morgan fingerprint density at radius 3 is 2.14 bits per heavy atom. The molecule has 5 rings (SSSR count). The van der Waals surface area contributed by atoms with Gasteiger partial charge in [-0.1, -0.05) is 54.1 Å². The zero-order valence-corrected chi connectivity index (χ0v) is 35.9. The average Bonchev–Trinajstić information content (AvgIpc) is 3.61. The van der Waals surface area contributed by atoms with Crippen molar-refractivity contribution < 1.29 is 33.3 Å². The van der Waals surface area contributed by atoms with Gasteiger partial charge in [0, 0.05) is 61.0 Å². The van der Waals surface area contributed by atoms with E-state index in [1.807, 2.05) is 107 Å². The Bertz CT molecular complexity index is 1980. The molecule has 1 aromatic heterocycles. The SMILES string of the molecule is COC(=O)c1cc(NCCCCN(CCCCN(Cc2ccc(-c3ccccc3)c(Cl)c2)C(=O)OC(C)(C)C)C(=O)OC(C)(C)C)c2cnn(C3CCCCO3)c2c1. The number of esters is 1. The van der Waals surface area contributed by atoms with Crippen LogP contribution in [0.5, 0.6) is 0 Å². The highest BCUT2D eigenvalue weighted by Crippen LogP contribution is 2.32. The first-order chi connectivity index (χ1) is 27.6. The molecule has 2 heterocycles. The molecule has 2 amide bonds. The number of carbonyl (C=O) groups is 3. The van der Waals surface area contributed by atoms with Gasteiger partial charge in [-0.15, -0.1) is 0 Å². The summed E-state index contributed by atoms with van der Waals surface area (Å²) in [5, 5.41) is 9.64. The van der Waals surface area contributed by atoms with Crippen molar-refractivity contribution in [1.29, 1.82) is 0 Å². The van der Waals surface area contributed by atoms with Crippen LogP contribution in [0.1, 0.15) is 109 Å². The molecule has 314 valence electrons. The number of hydrogen-bond acceptors (Lipinski definition) is 9. The molecule has 3 aromatic carbocycles. The van der Waals surface area contributed by atoms with Gasteiger partial charge >= 0.3 is 18.2 Å². The van der Waals surface area contributed by atoms with Gasteiger partial charge in [0.1, 0.15) is 11.2 Å². The van der Waals surface area contributed by atoms with Crippen LogP contribution in [0.25, 0.3) is 22.0 Å². The Labute approximate surface area is 348 Å². The summed E-state index contributed by atoms with van der Waals surface area (Å²) in [5.41, 5.74) is 3.56. The molecule has 0 bridgehead atoms. The predicted octanol–water partition coefficient (Wildman–Crippen LogP) is 10.5. The van der Waals surface area contributed by atoms with E-state index in [1.54, 1.807) is 15.9 Å². The van der Waals surface area contributed by atoms with Gasteiger partial charge in [-0.05, 0) is 116 Å². The van der Waals surface area contributed by atoms with E-state index in [0.29, 0.717) is 69.2 Å². The number of halogens is 1. The second-order valence-electron chi connectivity index (χ2n) is 16.7. The maximum atomic E-state index is 13.4. The Kier molecular flexibility index (Phi) is 15.5. The first-order valence-corrected chi connectivity index (χ1v) is 20.7. The molecule has 13 heteroatoms. The second kappa shape index (κ2) is 20.2. The van der Waals surface area contributed by atoms with Crippen LogP contribution >= 0.6 is 11.6 Å². The summed E-state index contributed by atoms with van der Waals surface area (Å²) in [6.45, 7) is 14.1. The van der Waals surface area contributed by atoms with E-state index in [1.165, 1.54) is 7.11 Å². The van der Waals surface area contributed by atoms with Crippen molar-refractivity contribution in [3.63, 3.8) is 0 Å². The number of nitrogens with zero attached hydrogens (tertiary/aromatic N) is 4. The molecule has 1 atom stereocenters. The van der Waals surface area contributed by atoms with Crippen molar-refractivity contribution in [2.24, 2.45) is 0 Å². The molecule has 1 saturated heterocycles. The Morgan fingerprint density at radius 2 is 1.52 bits per heavy atom. The number of amides is 2. The van der Waals surface area contributed by atoms with E-state index >= 15 is 0 Å². The van der Waals surface area contributed by atoms with Crippen LogP contribution in [0.3, 0.4) is 0 Å². The van der Waals surface area contributed by atoms with Crippen LogP contribution in [-0.4, -0.2) is 88.8 Å². The fourth-order valence-electron chi connectivity index (χ4n) is 6.84. The van der Waals surface area contributed by atoms with E-state index in [2.05, 4.69) is 10.4 Å². The first kappa shape index (κ1) is 44.3. The highest BCUT2D eigenvalue weighted by Gasteiger charge is 2.25. The third-order valence-electron chi connectivity index (χ3n) is 9.64. The molecule has 4 aromatic rings. The third kappa shape index (κ3) is 12.8. The van der Waals surface area contributed by atoms with Gasteiger partial charge in [0.15, 0.2) is 6.23 Å². The largest absolute Gasteiger partial charge is 0.465 e. The number of hydrogen-bond donors (Lipinski definition) is 1. The molecule has 0 radical (unpaired) electrons. The van der Waals surface area contributed by atoms with Gasteiger partial charge in [-0.3, -0.25) is 0 Å². The number of nitrogens with one attached hydrogen (secondary N) is 1. The van der Waals surface area contributed by atoms with Crippen molar-refractivity contribution in [2.75, 3.05) is 45.2 Å². The lowest BCUT2D eigenvalue weighted by Gasteiger charge is -2.29. The van der Waals surface area contributed by atoms with E-state index in [-0.39, 0.29) is 12.3 Å². The fourth-order valence-corrected chi connectivity index (χ4v) is 7.15. The lowest BCUT2D eigenvalue weighted by Crippen LogP contribution is -2.39. The Hall–Kier alpha value is -4.81. The Balaban J connectivity index is 1.19. The van der Waals surface area contributed by atoms with Crippen LogP contribution in [0.2, 0.25) is 5.02 Å². The summed E-state index contributed by atoms with van der Waals surface area (Å²) in [6, 6.07) is 19.4. The molecule has 0 spiro atoms. The number of carbonyl (C=O) groups excluding carboxylic acids is 3. The molecule has 1 unspecified atom stereocenters. The van der Waals surface area contributed by atoms with Gasteiger partial charge in [0.05, 0.1) is 24.4 Å². The summed E-state index contributed by atoms with van der Waals surface area (Å²) in [4.78, 5) is 42.8. The normalized spacial score (nSPS) is 14.5. The number of fused-ring (bicyclic) bond motifs is 1. The van der Waals surface area contributed by atoms with Gasteiger partial charge in [0.2, 0.25) is 0 Å². The maximum absolute atomic E-state index is 13.4. The van der Waals surface area contributed by atoms with E-state index in [4.69, 9.17) is 30.5 Å². The van der Waals surface area contributed by atoms with Crippen molar-refractivity contribution >= 4 is 46.3 Å². The van der Waals surface area contributed by atoms with Crippen LogP contribution in [0.15, 0.2) is 66.9 Å².